The highest BCUT2D eigenvalue weighted by Crippen LogP contribution is 2.02. The van der Waals surface area contributed by atoms with Crippen LogP contribution in [0, 0.1) is 0 Å². The Morgan fingerprint density at radius 2 is 2.11 bits per heavy atom. The lowest BCUT2D eigenvalue weighted by atomic mass is 10.1. The molecule has 54 valence electrons. The molecular weight excluding hydrogens is 119 g/mol. The van der Waals surface area contributed by atoms with Gasteiger partial charge in [-0.1, -0.05) is 13.8 Å². The fourth-order valence-corrected chi connectivity index (χ4v) is 0.631. The van der Waals surface area contributed by atoms with E-state index in [-0.39, 0.29) is 5.78 Å². The maximum absolute atomic E-state index is 12.4. The number of rotatable bonds is 4. The van der Waals surface area contributed by atoms with E-state index < -0.39 is 6.17 Å². The smallest absolute Gasteiger partial charge is 0.166 e. The second kappa shape index (κ2) is 4.48. The summed E-state index contributed by atoms with van der Waals surface area (Å²) in [5.74, 6) is -0.250. The summed E-state index contributed by atoms with van der Waals surface area (Å²) in [5, 5.41) is 0. The molecule has 0 aliphatic heterocycles. The first kappa shape index (κ1) is 8.60. The predicted molar refractivity (Wildman–Crippen MR) is 35.1 cm³/mol. The van der Waals surface area contributed by atoms with Crippen LogP contribution in [0.15, 0.2) is 0 Å². The van der Waals surface area contributed by atoms with E-state index in [4.69, 9.17) is 0 Å². The number of hydrogen-bond acceptors (Lipinski definition) is 1. The average molecular weight is 132 g/mol. The molecule has 0 radical (unpaired) electrons. The number of carbonyl (C=O) groups is 1. The Hall–Kier alpha value is -0.400. The molecule has 0 saturated heterocycles. The van der Waals surface area contributed by atoms with E-state index in [1.165, 1.54) is 0 Å². The summed E-state index contributed by atoms with van der Waals surface area (Å²) in [4.78, 5) is 10.6. The van der Waals surface area contributed by atoms with Crippen molar-refractivity contribution in [2.45, 2.75) is 39.3 Å². The molecule has 0 aromatic rings. The van der Waals surface area contributed by atoms with Crippen molar-refractivity contribution in [1.29, 1.82) is 0 Å². The molecule has 2 heteroatoms. The summed E-state index contributed by atoms with van der Waals surface area (Å²) < 4.78 is 12.4. The summed E-state index contributed by atoms with van der Waals surface area (Å²) >= 11 is 0. The van der Waals surface area contributed by atoms with Gasteiger partial charge in [-0.3, -0.25) is 4.79 Å². The van der Waals surface area contributed by atoms with Crippen molar-refractivity contribution >= 4 is 5.78 Å². The van der Waals surface area contributed by atoms with Crippen molar-refractivity contribution in [1.82, 2.24) is 0 Å². The molecule has 0 fully saturated rings. The number of halogens is 1. The van der Waals surface area contributed by atoms with Crippen LogP contribution in [-0.2, 0) is 4.79 Å². The summed E-state index contributed by atoms with van der Waals surface area (Å²) in [6, 6.07) is 0. The molecule has 0 saturated carbocycles. The lowest BCUT2D eigenvalue weighted by Crippen LogP contribution is -2.13. The van der Waals surface area contributed by atoms with Gasteiger partial charge in [0.2, 0.25) is 0 Å². The Morgan fingerprint density at radius 3 is 2.44 bits per heavy atom. The van der Waals surface area contributed by atoms with Crippen LogP contribution in [0.25, 0.3) is 0 Å². The molecule has 0 heterocycles. The molecule has 0 aliphatic rings. The van der Waals surface area contributed by atoms with Gasteiger partial charge in [0.1, 0.15) is 0 Å². The second-order valence-corrected chi connectivity index (χ2v) is 2.09. The van der Waals surface area contributed by atoms with Crippen molar-refractivity contribution in [3.8, 4) is 0 Å². The molecular formula is C7H13FO. The fourth-order valence-electron chi connectivity index (χ4n) is 0.631. The molecule has 0 aromatic carbocycles. The molecule has 1 atom stereocenters. The monoisotopic (exact) mass is 132 g/mol. The van der Waals surface area contributed by atoms with Crippen LogP contribution in [0.1, 0.15) is 33.1 Å². The van der Waals surface area contributed by atoms with Crippen molar-refractivity contribution in [2.24, 2.45) is 0 Å². The first-order chi connectivity index (χ1) is 4.22. The second-order valence-electron chi connectivity index (χ2n) is 2.09. The highest BCUT2D eigenvalue weighted by atomic mass is 19.1. The predicted octanol–water partition coefficient (Wildman–Crippen LogP) is 2.10. The van der Waals surface area contributed by atoms with Gasteiger partial charge >= 0.3 is 0 Å². The van der Waals surface area contributed by atoms with Gasteiger partial charge in [0, 0.05) is 6.42 Å². The van der Waals surface area contributed by atoms with E-state index in [9.17, 15) is 9.18 Å². The normalized spacial score (nSPS) is 13.2. The van der Waals surface area contributed by atoms with E-state index in [2.05, 4.69) is 0 Å². The van der Waals surface area contributed by atoms with Gasteiger partial charge in [-0.25, -0.2) is 4.39 Å². The first-order valence-electron chi connectivity index (χ1n) is 3.39. The van der Waals surface area contributed by atoms with Crippen LogP contribution >= 0.6 is 0 Å². The molecule has 0 aliphatic carbocycles. The minimum absolute atomic E-state index is 0.250. The molecule has 1 unspecified atom stereocenters. The lowest BCUT2D eigenvalue weighted by molar-refractivity contribution is -0.123. The summed E-state index contributed by atoms with van der Waals surface area (Å²) in [6.45, 7) is 3.55. The molecule has 0 rings (SSSR count). The van der Waals surface area contributed by atoms with Gasteiger partial charge in [0.05, 0.1) is 0 Å². The highest BCUT2D eigenvalue weighted by Gasteiger charge is 2.12. The van der Waals surface area contributed by atoms with Gasteiger partial charge in [-0.2, -0.15) is 0 Å². The van der Waals surface area contributed by atoms with Crippen molar-refractivity contribution in [3.05, 3.63) is 0 Å². The quantitative estimate of drug-likeness (QED) is 0.572. The van der Waals surface area contributed by atoms with Crippen molar-refractivity contribution < 1.29 is 9.18 Å². The zero-order valence-corrected chi connectivity index (χ0v) is 5.98. The number of ketones is 1. The van der Waals surface area contributed by atoms with Gasteiger partial charge in [0.15, 0.2) is 12.0 Å². The van der Waals surface area contributed by atoms with E-state index in [0.29, 0.717) is 12.8 Å². The van der Waals surface area contributed by atoms with Crippen LogP contribution in [0.4, 0.5) is 4.39 Å². The SMILES string of the molecule is CCCC(=O)C(F)CC. The number of Topliss-reactive ketones (excluding diaryl/α,β-unsaturated/α-hetero) is 1. The minimum Gasteiger partial charge on any atom is -0.296 e. The lowest BCUT2D eigenvalue weighted by Gasteiger charge is -2.00. The highest BCUT2D eigenvalue weighted by molar-refractivity contribution is 5.82. The topological polar surface area (TPSA) is 17.1 Å². The largest absolute Gasteiger partial charge is 0.296 e. The maximum Gasteiger partial charge on any atom is 0.166 e. The molecule has 9 heavy (non-hydrogen) atoms. The fraction of sp³-hybridized carbons (Fsp3) is 0.857. The van der Waals surface area contributed by atoms with E-state index >= 15 is 0 Å². The number of carbonyl (C=O) groups excluding carboxylic acids is 1. The minimum atomic E-state index is -1.22. The van der Waals surface area contributed by atoms with E-state index in [0.717, 1.165) is 6.42 Å². The van der Waals surface area contributed by atoms with Crippen LogP contribution in [-0.4, -0.2) is 12.0 Å². The zero-order chi connectivity index (χ0) is 7.28. The maximum atomic E-state index is 12.4. The van der Waals surface area contributed by atoms with Crippen LogP contribution < -0.4 is 0 Å². The van der Waals surface area contributed by atoms with Gasteiger partial charge in [-0.15, -0.1) is 0 Å². The number of hydrogen-bond donors (Lipinski definition) is 0. The van der Waals surface area contributed by atoms with Gasteiger partial charge < -0.3 is 0 Å². The molecule has 0 bridgehead atoms. The van der Waals surface area contributed by atoms with E-state index in [1.807, 2.05) is 6.92 Å². The average Bonchev–Trinajstić information content (AvgIpc) is 1.87. The summed E-state index contributed by atoms with van der Waals surface area (Å²) in [6.07, 6.45) is 0.234. The van der Waals surface area contributed by atoms with Crippen molar-refractivity contribution in [2.75, 3.05) is 0 Å². The summed E-state index contributed by atoms with van der Waals surface area (Å²) in [7, 11) is 0. The zero-order valence-electron chi connectivity index (χ0n) is 5.98. The van der Waals surface area contributed by atoms with Crippen LogP contribution in [0.2, 0.25) is 0 Å². The Labute approximate surface area is 55.3 Å². The Balaban J connectivity index is 3.46. The van der Waals surface area contributed by atoms with Gasteiger partial charge in [0.25, 0.3) is 0 Å². The molecule has 0 aromatic heterocycles. The molecule has 1 nitrogen and oxygen atoms in total. The van der Waals surface area contributed by atoms with Gasteiger partial charge in [-0.05, 0) is 12.8 Å². The van der Waals surface area contributed by atoms with Crippen LogP contribution in [0.3, 0.4) is 0 Å². The standard InChI is InChI=1S/C7H13FO/c1-3-5-7(9)6(8)4-2/h6H,3-5H2,1-2H3. The van der Waals surface area contributed by atoms with Crippen LogP contribution in [0.5, 0.6) is 0 Å². The first-order valence-corrected chi connectivity index (χ1v) is 3.39. The molecule has 0 N–H and O–H groups in total. The molecule has 0 amide bonds. The molecule has 0 spiro atoms. The third-order valence-electron chi connectivity index (χ3n) is 1.20. The third kappa shape index (κ3) is 3.22. The number of alkyl halides is 1. The van der Waals surface area contributed by atoms with Crippen molar-refractivity contribution in [3.63, 3.8) is 0 Å². The third-order valence-corrected chi connectivity index (χ3v) is 1.20. The van der Waals surface area contributed by atoms with E-state index in [1.54, 1.807) is 6.92 Å². The summed E-state index contributed by atoms with van der Waals surface area (Å²) in [5.41, 5.74) is 0. The Kier molecular flexibility index (Phi) is 4.28. The Morgan fingerprint density at radius 1 is 1.56 bits per heavy atom. The Bertz CT molecular complexity index is 90.9.